The number of anilines is 4. The van der Waals surface area contributed by atoms with E-state index in [9.17, 15) is 0 Å². The zero-order valence-corrected chi connectivity index (χ0v) is 19.8. The molecule has 0 aliphatic carbocycles. The molecule has 0 radical (unpaired) electrons. The summed E-state index contributed by atoms with van der Waals surface area (Å²) < 4.78 is 0. The van der Waals surface area contributed by atoms with Gasteiger partial charge in [-0.3, -0.25) is 4.98 Å². The first-order valence-electron chi connectivity index (χ1n) is 12.1. The van der Waals surface area contributed by atoms with Crippen molar-refractivity contribution in [1.82, 2.24) is 4.98 Å². The average Bonchev–Trinajstić information content (AvgIpc) is 2.93. The van der Waals surface area contributed by atoms with Crippen LogP contribution in [0.3, 0.4) is 0 Å². The Morgan fingerprint density at radius 1 is 0.600 bits per heavy atom. The SMILES string of the molecule is CN1c2ccccc2B2c3cccc(-c4cc(-c5ccccc5)ccn4)c3N(C)c3cccc1c32. The summed E-state index contributed by atoms with van der Waals surface area (Å²) in [6.07, 6.45) is 1.93. The molecule has 0 spiro atoms. The molecule has 0 amide bonds. The second-order valence-electron chi connectivity index (χ2n) is 9.36. The second kappa shape index (κ2) is 7.61. The highest BCUT2D eigenvalue weighted by atomic mass is 15.1. The van der Waals surface area contributed by atoms with Crippen LogP contribution in [0.15, 0.2) is 109 Å². The van der Waals surface area contributed by atoms with Gasteiger partial charge in [0, 0.05) is 48.6 Å². The molecule has 3 nitrogen and oxygen atoms in total. The van der Waals surface area contributed by atoms with E-state index in [-0.39, 0.29) is 6.71 Å². The van der Waals surface area contributed by atoms with Gasteiger partial charge in [-0.15, -0.1) is 0 Å². The molecule has 0 atom stereocenters. The quantitative estimate of drug-likeness (QED) is 0.350. The van der Waals surface area contributed by atoms with Crippen LogP contribution in [0.2, 0.25) is 0 Å². The van der Waals surface area contributed by atoms with E-state index in [0.29, 0.717) is 0 Å². The lowest BCUT2D eigenvalue weighted by Crippen LogP contribution is -2.61. The third-order valence-electron chi connectivity index (χ3n) is 7.54. The Morgan fingerprint density at radius 2 is 1.29 bits per heavy atom. The fourth-order valence-electron chi connectivity index (χ4n) is 5.95. The molecule has 0 saturated heterocycles. The number of para-hydroxylation sites is 2. The summed E-state index contributed by atoms with van der Waals surface area (Å²) >= 11 is 0. The summed E-state index contributed by atoms with van der Waals surface area (Å²) in [6.45, 7) is 0.192. The van der Waals surface area contributed by atoms with E-state index in [1.165, 1.54) is 50.3 Å². The highest BCUT2D eigenvalue weighted by molar-refractivity contribution is 7.00. The van der Waals surface area contributed by atoms with Crippen molar-refractivity contribution in [3.05, 3.63) is 109 Å². The molecule has 4 aromatic carbocycles. The third kappa shape index (κ3) is 2.90. The summed E-state index contributed by atoms with van der Waals surface area (Å²) in [5, 5.41) is 0. The molecule has 4 heteroatoms. The Morgan fingerprint density at radius 3 is 2.14 bits per heavy atom. The molecule has 166 valence electrons. The van der Waals surface area contributed by atoms with Gasteiger partial charge in [0.05, 0.1) is 5.69 Å². The van der Waals surface area contributed by atoms with Crippen LogP contribution in [-0.2, 0) is 0 Å². The highest BCUT2D eigenvalue weighted by Gasteiger charge is 2.41. The lowest BCUT2D eigenvalue weighted by molar-refractivity contribution is 1.18. The summed E-state index contributed by atoms with van der Waals surface area (Å²) in [7, 11) is 4.37. The van der Waals surface area contributed by atoms with Crippen LogP contribution in [0.1, 0.15) is 0 Å². The standard InChI is InChI=1S/C31H24BN3/c1-34-27-15-7-6-13-24(27)32-25-14-8-12-23(31(25)35(2)29-17-9-16-28(34)30(29)32)26-20-22(18-19-33-26)21-10-4-3-5-11-21/h3-20H,1-2H3. The number of aromatic nitrogens is 1. The van der Waals surface area contributed by atoms with Crippen LogP contribution in [0, 0.1) is 0 Å². The van der Waals surface area contributed by atoms with Crippen molar-refractivity contribution in [3.8, 4) is 22.4 Å². The van der Waals surface area contributed by atoms with E-state index in [4.69, 9.17) is 4.98 Å². The lowest BCUT2D eigenvalue weighted by Gasteiger charge is -2.42. The Hall–Kier alpha value is -4.31. The fourth-order valence-corrected chi connectivity index (χ4v) is 5.95. The zero-order valence-electron chi connectivity index (χ0n) is 19.8. The lowest BCUT2D eigenvalue weighted by atomic mass is 9.33. The van der Waals surface area contributed by atoms with E-state index in [2.05, 4.69) is 127 Å². The minimum absolute atomic E-state index is 0.192. The molecule has 0 saturated carbocycles. The normalized spacial score (nSPS) is 13.3. The van der Waals surface area contributed by atoms with E-state index in [1.54, 1.807) is 0 Å². The van der Waals surface area contributed by atoms with Crippen LogP contribution in [0.4, 0.5) is 22.7 Å². The summed E-state index contributed by atoms with van der Waals surface area (Å²) in [5.41, 5.74) is 13.6. The molecule has 1 aromatic heterocycles. The van der Waals surface area contributed by atoms with E-state index >= 15 is 0 Å². The molecule has 2 aliphatic rings. The molecule has 0 bridgehead atoms. The number of rotatable bonds is 2. The van der Waals surface area contributed by atoms with Gasteiger partial charge in [0.25, 0.3) is 6.71 Å². The Labute approximate surface area is 206 Å². The fraction of sp³-hybridized carbons (Fsp3) is 0.0645. The smallest absolute Gasteiger partial charge is 0.252 e. The Kier molecular flexibility index (Phi) is 4.37. The van der Waals surface area contributed by atoms with E-state index < -0.39 is 0 Å². The van der Waals surface area contributed by atoms with Crippen LogP contribution in [0.25, 0.3) is 22.4 Å². The number of nitrogens with zero attached hydrogens (tertiary/aromatic N) is 3. The van der Waals surface area contributed by atoms with Crippen molar-refractivity contribution < 1.29 is 0 Å². The highest BCUT2D eigenvalue weighted by Crippen LogP contribution is 2.39. The van der Waals surface area contributed by atoms with Crippen LogP contribution >= 0.6 is 0 Å². The topological polar surface area (TPSA) is 19.4 Å². The molecule has 0 fully saturated rings. The molecule has 0 unspecified atom stereocenters. The number of hydrogen-bond acceptors (Lipinski definition) is 3. The maximum Gasteiger partial charge on any atom is 0.252 e. The Balaban J connectivity index is 1.47. The predicted octanol–water partition coefficient (Wildman–Crippen LogP) is 5.09. The molecule has 2 aliphatic heterocycles. The maximum atomic E-state index is 4.84. The first kappa shape index (κ1) is 20.1. The minimum Gasteiger partial charge on any atom is -0.345 e. The number of fused-ring (bicyclic) bond motifs is 4. The summed E-state index contributed by atoms with van der Waals surface area (Å²) in [5.74, 6) is 0. The van der Waals surface area contributed by atoms with Gasteiger partial charge in [-0.05, 0) is 57.8 Å². The minimum atomic E-state index is 0.192. The first-order valence-corrected chi connectivity index (χ1v) is 12.1. The van der Waals surface area contributed by atoms with Gasteiger partial charge < -0.3 is 9.80 Å². The second-order valence-corrected chi connectivity index (χ2v) is 9.36. The molecule has 7 rings (SSSR count). The van der Waals surface area contributed by atoms with Gasteiger partial charge in [-0.1, -0.05) is 72.8 Å². The van der Waals surface area contributed by atoms with Crippen molar-refractivity contribution >= 4 is 45.9 Å². The van der Waals surface area contributed by atoms with Gasteiger partial charge in [0.15, 0.2) is 0 Å². The van der Waals surface area contributed by atoms with Gasteiger partial charge in [-0.25, -0.2) is 0 Å². The van der Waals surface area contributed by atoms with Crippen LogP contribution < -0.4 is 26.2 Å². The van der Waals surface area contributed by atoms with Crippen molar-refractivity contribution in [3.63, 3.8) is 0 Å². The first-order chi connectivity index (χ1) is 17.2. The Bertz CT molecular complexity index is 1590. The van der Waals surface area contributed by atoms with Crippen LogP contribution in [0.5, 0.6) is 0 Å². The number of benzene rings is 4. The molecule has 0 N–H and O–H groups in total. The monoisotopic (exact) mass is 449 g/mol. The van der Waals surface area contributed by atoms with Crippen molar-refractivity contribution in [1.29, 1.82) is 0 Å². The van der Waals surface area contributed by atoms with Gasteiger partial charge in [-0.2, -0.15) is 0 Å². The van der Waals surface area contributed by atoms with E-state index in [1.807, 2.05) is 6.20 Å². The molecule has 35 heavy (non-hydrogen) atoms. The molecule has 3 heterocycles. The summed E-state index contributed by atoms with van der Waals surface area (Å²) in [4.78, 5) is 9.53. The maximum absolute atomic E-state index is 4.84. The average molecular weight is 449 g/mol. The molecular weight excluding hydrogens is 425 g/mol. The van der Waals surface area contributed by atoms with E-state index in [0.717, 1.165) is 11.3 Å². The van der Waals surface area contributed by atoms with Crippen LogP contribution in [-0.4, -0.2) is 25.8 Å². The largest absolute Gasteiger partial charge is 0.345 e. The van der Waals surface area contributed by atoms with Gasteiger partial charge in [0.1, 0.15) is 0 Å². The van der Waals surface area contributed by atoms with Crippen molar-refractivity contribution in [2.75, 3.05) is 23.9 Å². The zero-order chi connectivity index (χ0) is 23.5. The van der Waals surface area contributed by atoms with Gasteiger partial charge in [0.2, 0.25) is 0 Å². The van der Waals surface area contributed by atoms with Crippen molar-refractivity contribution in [2.45, 2.75) is 0 Å². The van der Waals surface area contributed by atoms with Gasteiger partial charge >= 0.3 is 0 Å². The summed E-state index contributed by atoms with van der Waals surface area (Å²) in [6, 6.07) is 37.0. The van der Waals surface area contributed by atoms with Crippen molar-refractivity contribution in [2.24, 2.45) is 0 Å². The number of pyridine rings is 1. The molecule has 5 aromatic rings. The molecular formula is C31H24BN3. The number of hydrogen-bond donors (Lipinski definition) is 0. The predicted molar refractivity (Wildman–Crippen MR) is 149 cm³/mol. The third-order valence-corrected chi connectivity index (χ3v) is 7.54.